The fourth-order valence-electron chi connectivity index (χ4n) is 4.35. The van der Waals surface area contributed by atoms with E-state index in [1.807, 2.05) is 42.5 Å². The number of carbonyl (C=O) groups is 1. The number of aryl methyl sites for hydroxylation is 1. The number of carbonyl (C=O) groups excluding carboxylic acids is 1. The lowest BCUT2D eigenvalue weighted by Gasteiger charge is -2.19. The molecule has 9 nitrogen and oxygen atoms in total. The zero-order valence-electron chi connectivity index (χ0n) is 20.4. The summed E-state index contributed by atoms with van der Waals surface area (Å²) in [5.74, 6) is -0.495. The van der Waals surface area contributed by atoms with Crippen molar-refractivity contribution >= 4 is 17.5 Å². The summed E-state index contributed by atoms with van der Waals surface area (Å²) in [6, 6.07) is 7.53. The molecule has 0 bridgehead atoms. The van der Waals surface area contributed by atoms with Crippen molar-refractivity contribution in [1.29, 1.82) is 0 Å². The van der Waals surface area contributed by atoms with Gasteiger partial charge in [-0.3, -0.25) is 4.79 Å². The molecule has 1 amide bonds. The third-order valence-corrected chi connectivity index (χ3v) is 6.51. The number of hydrogen-bond acceptors (Lipinski definition) is 7. The average Bonchev–Trinajstić information content (AvgIpc) is 3.10. The highest BCUT2D eigenvalue weighted by Crippen LogP contribution is 2.36. The first-order chi connectivity index (χ1) is 17.3. The topological polar surface area (TPSA) is 142 Å². The van der Waals surface area contributed by atoms with Gasteiger partial charge < -0.3 is 25.5 Å². The number of rotatable bonds is 16. The molecule has 1 fully saturated rings. The van der Waals surface area contributed by atoms with Crippen LogP contribution in [0, 0.1) is 22.0 Å². The van der Waals surface area contributed by atoms with Crippen LogP contribution in [-0.2, 0) is 16.1 Å². The molecule has 0 aromatic heterocycles. The third kappa shape index (κ3) is 11.5. The molecular formula is C26H37ClN2O7. The SMILES string of the molecule is O=C(CCCC=CC[C@@H]1[C@@H](C=C[C@@H](O)CCc2cccc(Cl)c2)[C@H](O)C[C@@H]1O)NCCCO[N+](=O)[O-]. The predicted molar refractivity (Wildman–Crippen MR) is 137 cm³/mol. The van der Waals surface area contributed by atoms with Crippen LogP contribution in [-0.4, -0.2) is 57.8 Å². The monoisotopic (exact) mass is 524 g/mol. The first-order valence-electron chi connectivity index (χ1n) is 12.4. The first-order valence-corrected chi connectivity index (χ1v) is 12.8. The number of aliphatic hydroxyl groups is 3. The molecule has 1 aliphatic rings. The second kappa shape index (κ2) is 16.3. The minimum atomic E-state index is -0.856. The van der Waals surface area contributed by atoms with E-state index in [-0.39, 0.29) is 24.3 Å². The number of amides is 1. The van der Waals surface area contributed by atoms with Gasteiger partial charge in [0.25, 0.3) is 5.09 Å². The van der Waals surface area contributed by atoms with Gasteiger partial charge in [0.15, 0.2) is 0 Å². The van der Waals surface area contributed by atoms with E-state index in [0.717, 1.165) is 5.56 Å². The molecule has 0 heterocycles. The highest BCUT2D eigenvalue weighted by Gasteiger charge is 2.39. The van der Waals surface area contributed by atoms with Crippen molar-refractivity contribution in [2.24, 2.45) is 11.8 Å². The lowest BCUT2D eigenvalue weighted by Crippen LogP contribution is -2.25. The number of nitrogens with one attached hydrogen (secondary N) is 1. The van der Waals surface area contributed by atoms with Gasteiger partial charge in [-0.1, -0.05) is 48.0 Å². The van der Waals surface area contributed by atoms with Crippen LogP contribution in [0.15, 0.2) is 48.6 Å². The summed E-state index contributed by atoms with van der Waals surface area (Å²) in [5.41, 5.74) is 1.05. The van der Waals surface area contributed by atoms with Crippen LogP contribution in [0.3, 0.4) is 0 Å². The van der Waals surface area contributed by atoms with E-state index in [4.69, 9.17) is 11.6 Å². The summed E-state index contributed by atoms with van der Waals surface area (Å²) in [7, 11) is 0. The molecule has 2 rings (SSSR count). The summed E-state index contributed by atoms with van der Waals surface area (Å²) >= 11 is 6.00. The predicted octanol–water partition coefficient (Wildman–Crippen LogP) is 3.38. The van der Waals surface area contributed by atoms with E-state index in [0.29, 0.717) is 62.9 Å². The van der Waals surface area contributed by atoms with Crippen molar-refractivity contribution in [2.45, 2.75) is 69.7 Å². The Labute approximate surface area is 216 Å². The van der Waals surface area contributed by atoms with Crippen molar-refractivity contribution in [3.05, 3.63) is 69.3 Å². The molecule has 1 aromatic carbocycles. The van der Waals surface area contributed by atoms with E-state index in [2.05, 4.69) is 10.2 Å². The van der Waals surface area contributed by atoms with Crippen LogP contribution in [0.25, 0.3) is 0 Å². The van der Waals surface area contributed by atoms with Gasteiger partial charge in [0.1, 0.15) is 0 Å². The summed E-state index contributed by atoms with van der Waals surface area (Å²) in [5, 5.41) is 43.7. The fourth-order valence-corrected chi connectivity index (χ4v) is 4.56. The molecule has 1 aliphatic carbocycles. The molecule has 0 radical (unpaired) electrons. The van der Waals surface area contributed by atoms with E-state index in [1.54, 1.807) is 6.08 Å². The van der Waals surface area contributed by atoms with Gasteiger partial charge in [-0.25, -0.2) is 0 Å². The Morgan fingerprint density at radius 3 is 2.83 bits per heavy atom. The Morgan fingerprint density at radius 1 is 1.28 bits per heavy atom. The molecular weight excluding hydrogens is 488 g/mol. The second-order valence-electron chi connectivity index (χ2n) is 9.09. The molecule has 0 unspecified atom stereocenters. The lowest BCUT2D eigenvalue weighted by molar-refractivity contribution is -0.757. The Balaban J connectivity index is 1.68. The number of hydrogen-bond donors (Lipinski definition) is 4. The zero-order valence-corrected chi connectivity index (χ0v) is 21.1. The number of aliphatic hydroxyl groups excluding tert-OH is 3. The van der Waals surface area contributed by atoms with Gasteiger partial charge >= 0.3 is 0 Å². The van der Waals surface area contributed by atoms with E-state index in [1.165, 1.54) is 0 Å². The van der Waals surface area contributed by atoms with Crippen LogP contribution < -0.4 is 5.32 Å². The lowest BCUT2D eigenvalue weighted by atomic mass is 9.89. The van der Waals surface area contributed by atoms with Crippen LogP contribution in [0.2, 0.25) is 5.02 Å². The molecule has 1 saturated carbocycles. The number of halogens is 1. The van der Waals surface area contributed by atoms with E-state index >= 15 is 0 Å². The van der Waals surface area contributed by atoms with Gasteiger partial charge in [0.05, 0.1) is 24.9 Å². The minimum Gasteiger partial charge on any atom is -0.393 e. The molecule has 4 N–H and O–H groups in total. The molecule has 0 aliphatic heterocycles. The number of allylic oxidation sites excluding steroid dienone is 2. The molecule has 1 aromatic rings. The van der Waals surface area contributed by atoms with Gasteiger partial charge in [-0.15, -0.1) is 10.1 Å². The molecule has 36 heavy (non-hydrogen) atoms. The largest absolute Gasteiger partial charge is 0.393 e. The number of unbranched alkanes of at least 4 members (excludes halogenated alkanes) is 1. The Kier molecular flexibility index (Phi) is 13.5. The molecule has 0 saturated heterocycles. The molecule has 0 spiro atoms. The Hall–Kier alpha value is -2.46. The van der Waals surface area contributed by atoms with Gasteiger partial charge in [-0.2, -0.15) is 0 Å². The van der Waals surface area contributed by atoms with Gasteiger partial charge in [-0.05, 0) is 62.1 Å². The van der Waals surface area contributed by atoms with Crippen molar-refractivity contribution in [3.8, 4) is 0 Å². The zero-order chi connectivity index (χ0) is 26.3. The third-order valence-electron chi connectivity index (χ3n) is 6.28. The van der Waals surface area contributed by atoms with Crippen LogP contribution in [0.1, 0.15) is 50.5 Å². The average molecular weight is 525 g/mol. The summed E-state index contributed by atoms with van der Waals surface area (Å²) in [6.07, 6.45) is 9.73. The van der Waals surface area contributed by atoms with E-state index in [9.17, 15) is 30.2 Å². The van der Waals surface area contributed by atoms with Crippen LogP contribution >= 0.6 is 11.6 Å². The van der Waals surface area contributed by atoms with Crippen molar-refractivity contribution in [1.82, 2.24) is 5.32 Å². The Morgan fingerprint density at radius 2 is 2.08 bits per heavy atom. The van der Waals surface area contributed by atoms with Crippen LogP contribution in [0.4, 0.5) is 0 Å². The smallest absolute Gasteiger partial charge is 0.294 e. The van der Waals surface area contributed by atoms with Gasteiger partial charge in [0.2, 0.25) is 5.91 Å². The standard InChI is InChI=1S/C26H37ClN2O7/c27-20-8-5-7-19(17-20)11-12-21(30)13-14-23-22(24(31)18-25(23)32)9-3-1-2-4-10-26(33)28-15-6-16-36-29(34)35/h1,3,5,7-8,13-14,17,21-25,30-32H,2,4,6,9-12,15-16,18H2,(H,28,33)/t21-,22+,23+,24-,25+/m0/s1. The van der Waals surface area contributed by atoms with Crippen molar-refractivity contribution in [2.75, 3.05) is 13.2 Å². The summed E-state index contributed by atoms with van der Waals surface area (Å²) in [4.78, 5) is 26.0. The maximum atomic E-state index is 11.8. The van der Waals surface area contributed by atoms with Crippen LogP contribution in [0.5, 0.6) is 0 Å². The highest BCUT2D eigenvalue weighted by atomic mass is 35.5. The number of nitrogens with zero attached hydrogens (tertiary/aromatic N) is 1. The van der Waals surface area contributed by atoms with Gasteiger partial charge in [0, 0.05) is 30.3 Å². The Bertz CT molecular complexity index is 880. The molecule has 10 heteroatoms. The normalized spacial score (nSPS) is 22.8. The second-order valence-corrected chi connectivity index (χ2v) is 9.53. The minimum absolute atomic E-state index is 0.0457. The van der Waals surface area contributed by atoms with E-state index < -0.39 is 23.4 Å². The fraction of sp³-hybridized carbons (Fsp3) is 0.577. The van der Waals surface area contributed by atoms with Crippen molar-refractivity contribution < 1.29 is 30.0 Å². The first kappa shape index (κ1) is 29.8. The molecule has 200 valence electrons. The number of benzene rings is 1. The maximum absolute atomic E-state index is 11.8. The maximum Gasteiger partial charge on any atom is 0.294 e. The molecule has 5 atom stereocenters. The summed E-state index contributed by atoms with van der Waals surface area (Å²) in [6.45, 7) is 0.282. The highest BCUT2D eigenvalue weighted by molar-refractivity contribution is 6.30. The quantitative estimate of drug-likeness (QED) is 0.112. The summed E-state index contributed by atoms with van der Waals surface area (Å²) < 4.78 is 0. The van der Waals surface area contributed by atoms with Crippen molar-refractivity contribution in [3.63, 3.8) is 0 Å².